The van der Waals surface area contributed by atoms with E-state index in [0.29, 0.717) is 5.88 Å². The number of hydrogen-bond acceptors (Lipinski definition) is 2. The second-order valence-corrected chi connectivity index (χ2v) is 5.06. The third kappa shape index (κ3) is 2.86. The van der Waals surface area contributed by atoms with Crippen molar-refractivity contribution in [1.29, 1.82) is 0 Å². The van der Waals surface area contributed by atoms with Gasteiger partial charge in [0.2, 0.25) is 5.88 Å². The van der Waals surface area contributed by atoms with Gasteiger partial charge in [0, 0.05) is 16.2 Å². The molecule has 2 nitrogen and oxygen atoms in total. The number of rotatable bonds is 2. The van der Waals surface area contributed by atoms with Gasteiger partial charge in [-0.05, 0) is 60.0 Å². The van der Waals surface area contributed by atoms with Crippen LogP contribution in [-0.4, -0.2) is 4.98 Å². The summed E-state index contributed by atoms with van der Waals surface area (Å²) in [7, 11) is 0. The molecule has 2 rings (SSSR count). The standard InChI is InChI=1S/C14H14BrNO/c1-9-4-5-10(2)13(6-9)17-14-11(3)7-12(15)8-16-14/h4-8H,1-3H3. The minimum atomic E-state index is 0.655. The molecule has 0 saturated carbocycles. The van der Waals surface area contributed by atoms with Crippen LogP contribution in [0.15, 0.2) is 34.9 Å². The summed E-state index contributed by atoms with van der Waals surface area (Å²) >= 11 is 3.39. The van der Waals surface area contributed by atoms with Gasteiger partial charge >= 0.3 is 0 Å². The number of benzene rings is 1. The number of ether oxygens (including phenoxy) is 1. The van der Waals surface area contributed by atoms with E-state index in [-0.39, 0.29) is 0 Å². The molecular formula is C14H14BrNO. The van der Waals surface area contributed by atoms with Gasteiger partial charge in [-0.1, -0.05) is 12.1 Å². The van der Waals surface area contributed by atoms with Gasteiger partial charge in [-0.3, -0.25) is 0 Å². The Morgan fingerprint density at radius 3 is 2.53 bits per heavy atom. The van der Waals surface area contributed by atoms with E-state index in [9.17, 15) is 0 Å². The summed E-state index contributed by atoms with van der Waals surface area (Å²) in [6.45, 7) is 6.06. The second kappa shape index (κ2) is 4.88. The molecular weight excluding hydrogens is 278 g/mol. The maximum atomic E-state index is 5.84. The van der Waals surface area contributed by atoms with Crippen LogP contribution in [0.1, 0.15) is 16.7 Å². The van der Waals surface area contributed by atoms with Crippen LogP contribution in [0.3, 0.4) is 0 Å². The zero-order valence-corrected chi connectivity index (χ0v) is 11.7. The van der Waals surface area contributed by atoms with E-state index < -0.39 is 0 Å². The number of hydrogen-bond donors (Lipinski definition) is 0. The third-order valence-electron chi connectivity index (χ3n) is 2.55. The Bertz CT molecular complexity index is 552. The molecule has 0 bridgehead atoms. The van der Waals surface area contributed by atoms with E-state index >= 15 is 0 Å². The van der Waals surface area contributed by atoms with Crippen LogP contribution in [0.4, 0.5) is 0 Å². The lowest BCUT2D eigenvalue weighted by Crippen LogP contribution is -1.93. The van der Waals surface area contributed by atoms with Gasteiger partial charge in [0.05, 0.1) is 0 Å². The molecule has 0 aliphatic rings. The number of nitrogens with zero attached hydrogens (tertiary/aromatic N) is 1. The van der Waals surface area contributed by atoms with E-state index in [1.165, 1.54) is 5.56 Å². The molecule has 0 atom stereocenters. The molecule has 1 aromatic carbocycles. The molecule has 88 valence electrons. The largest absolute Gasteiger partial charge is 0.438 e. The summed E-state index contributed by atoms with van der Waals surface area (Å²) in [4.78, 5) is 4.27. The maximum absolute atomic E-state index is 5.84. The molecule has 1 aromatic heterocycles. The van der Waals surface area contributed by atoms with Gasteiger partial charge in [-0.15, -0.1) is 0 Å². The van der Waals surface area contributed by atoms with Crippen molar-refractivity contribution in [3.05, 3.63) is 51.6 Å². The maximum Gasteiger partial charge on any atom is 0.222 e. The fourth-order valence-corrected chi connectivity index (χ4v) is 2.00. The second-order valence-electron chi connectivity index (χ2n) is 4.15. The molecule has 17 heavy (non-hydrogen) atoms. The smallest absolute Gasteiger partial charge is 0.222 e. The first-order chi connectivity index (χ1) is 8.06. The first-order valence-electron chi connectivity index (χ1n) is 5.43. The van der Waals surface area contributed by atoms with Gasteiger partial charge in [0.15, 0.2) is 0 Å². The van der Waals surface area contributed by atoms with Crippen LogP contribution in [0.5, 0.6) is 11.6 Å². The first-order valence-corrected chi connectivity index (χ1v) is 6.23. The molecule has 3 heteroatoms. The van der Waals surface area contributed by atoms with Crippen molar-refractivity contribution in [2.24, 2.45) is 0 Å². The number of aromatic nitrogens is 1. The minimum Gasteiger partial charge on any atom is -0.438 e. The average Bonchev–Trinajstić information content (AvgIpc) is 2.27. The van der Waals surface area contributed by atoms with Crippen molar-refractivity contribution in [2.45, 2.75) is 20.8 Å². The Kier molecular flexibility index (Phi) is 3.48. The Morgan fingerprint density at radius 2 is 1.82 bits per heavy atom. The van der Waals surface area contributed by atoms with E-state index in [0.717, 1.165) is 21.3 Å². The monoisotopic (exact) mass is 291 g/mol. The summed E-state index contributed by atoms with van der Waals surface area (Å²) < 4.78 is 6.81. The number of aryl methyl sites for hydroxylation is 3. The van der Waals surface area contributed by atoms with Gasteiger partial charge in [-0.2, -0.15) is 0 Å². The van der Waals surface area contributed by atoms with E-state index in [1.54, 1.807) is 6.20 Å². The van der Waals surface area contributed by atoms with Gasteiger partial charge in [0.1, 0.15) is 5.75 Å². The molecule has 0 amide bonds. The zero-order chi connectivity index (χ0) is 12.4. The summed E-state index contributed by atoms with van der Waals surface area (Å²) in [6, 6.07) is 8.15. The molecule has 0 saturated heterocycles. The van der Waals surface area contributed by atoms with Crippen molar-refractivity contribution in [3.63, 3.8) is 0 Å². The normalized spacial score (nSPS) is 10.4. The minimum absolute atomic E-state index is 0.655. The Balaban J connectivity index is 2.34. The predicted octanol–water partition coefficient (Wildman–Crippen LogP) is 4.56. The summed E-state index contributed by atoms with van der Waals surface area (Å²) in [5, 5.41) is 0. The topological polar surface area (TPSA) is 22.1 Å². The molecule has 2 aromatic rings. The SMILES string of the molecule is Cc1ccc(C)c(Oc2ncc(Br)cc2C)c1. The Labute approximate surface area is 110 Å². The third-order valence-corrected chi connectivity index (χ3v) is 2.98. The van der Waals surface area contributed by atoms with Crippen LogP contribution in [-0.2, 0) is 0 Å². The van der Waals surface area contributed by atoms with E-state index in [1.807, 2.05) is 32.9 Å². The van der Waals surface area contributed by atoms with E-state index in [2.05, 4.69) is 33.0 Å². The lowest BCUT2D eigenvalue weighted by molar-refractivity contribution is 0.455. The number of halogens is 1. The van der Waals surface area contributed by atoms with E-state index in [4.69, 9.17) is 4.74 Å². The molecule has 0 aliphatic heterocycles. The van der Waals surface area contributed by atoms with Gasteiger partial charge in [0.25, 0.3) is 0 Å². The Hall–Kier alpha value is -1.35. The summed E-state index contributed by atoms with van der Waals surface area (Å²) in [6.07, 6.45) is 1.74. The van der Waals surface area contributed by atoms with Crippen LogP contribution in [0.25, 0.3) is 0 Å². The van der Waals surface area contributed by atoms with Gasteiger partial charge in [-0.25, -0.2) is 4.98 Å². The number of pyridine rings is 1. The quantitative estimate of drug-likeness (QED) is 0.809. The molecule has 0 spiro atoms. The van der Waals surface area contributed by atoms with Crippen molar-refractivity contribution in [1.82, 2.24) is 4.98 Å². The van der Waals surface area contributed by atoms with Crippen LogP contribution >= 0.6 is 15.9 Å². The lowest BCUT2D eigenvalue weighted by atomic mass is 10.1. The zero-order valence-electron chi connectivity index (χ0n) is 10.1. The first kappa shape index (κ1) is 12.1. The highest BCUT2D eigenvalue weighted by Gasteiger charge is 2.06. The van der Waals surface area contributed by atoms with Crippen molar-refractivity contribution in [2.75, 3.05) is 0 Å². The molecule has 0 unspecified atom stereocenters. The van der Waals surface area contributed by atoms with Crippen LogP contribution < -0.4 is 4.74 Å². The predicted molar refractivity (Wildman–Crippen MR) is 72.7 cm³/mol. The van der Waals surface area contributed by atoms with Crippen molar-refractivity contribution in [3.8, 4) is 11.6 Å². The molecule has 1 heterocycles. The van der Waals surface area contributed by atoms with Crippen LogP contribution in [0, 0.1) is 20.8 Å². The summed E-state index contributed by atoms with van der Waals surface area (Å²) in [5.74, 6) is 1.52. The fourth-order valence-electron chi connectivity index (χ4n) is 1.56. The van der Waals surface area contributed by atoms with Crippen molar-refractivity contribution >= 4 is 15.9 Å². The lowest BCUT2D eigenvalue weighted by Gasteiger charge is -2.10. The molecule has 0 fully saturated rings. The highest BCUT2D eigenvalue weighted by atomic mass is 79.9. The van der Waals surface area contributed by atoms with Crippen molar-refractivity contribution < 1.29 is 4.74 Å². The van der Waals surface area contributed by atoms with Gasteiger partial charge < -0.3 is 4.74 Å². The molecule has 0 aliphatic carbocycles. The molecule has 0 N–H and O–H groups in total. The average molecular weight is 292 g/mol. The fraction of sp³-hybridized carbons (Fsp3) is 0.214. The highest BCUT2D eigenvalue weighted by molar-refractivity contribution is 9.10. The Morgan fingerprint density at radius 1 is 1.06 bits per heavy atom. The summed E-state index contributed by atoms with van der Waals surface area (Å²) in [5.41, 5.74) is 3.31. The highest BCUT2D eigenvalue weighted by Crippen LogP contribution is 2.27. The molecule has 0 radical (unpaired) electrons. The van der Waals surface area contributed by atoms with Crippen LogP contribution in [0.2, 0.25) is 0 Å².